The minimum absolute atomic E-state index is 0.00383. The number of fused-ring (bicyclic) bond motifs is 1. The van der Waals surface area contributed by atoms with Gasteiger partial charge in [0.2, 0.25) is 0 Å². The molecular formula is C20H27N3S. The second-order valence-electron chi connectivity index (χ2n) is 6.18. The van der Waals surface area contributed by atoms with E-state index >= 15 is 0 Å². The molecule has 24 heavy (non-hydrogen) atoms. The Labute approximate surface area is 149 Å². The maximum absolute atomic E-state index is 4.95. The Kier molecular flexibility index (Phi) is 5.56. The number of benzene rings is 1. The van der Waals surface area contributed by atoms with E-state index in [1.165, 1.54) is 29.8 Å². The molecule has 2 aliphatic rings. The standard InChI is InChI=1S/C18H21N3S.C2H6/c1-4-10-18(11-5-1)17(19-13-14-7-6-12-22-14)20-15-8-2-3-9-16(15)21-18;1-2/h2-3,6-9,12,21H,1,4-5,10-11,13H2,(H,19,20);1-2H3. The van der Waals surface area contributed by atoms with Gasteiger partial charge in [0.05, 0.1) is 23.5 Å². The summed E-state index contributed by atoms with van der Waals surface area (Å²) in [5, 5.41) is 9.53. The third kappa shape index (κ3) is 3.48. The normalized spacial score (nSPS) is 19.7. The molecule has 1 aliphatic heterocycles. The first-order chi connectivity index (χ1) is 11.9. The van der Waals surface area contributed by atoms with Crippen LogP contribution in [0.1, 0.15) is 50.8 Å². The van der Waals surface area contributed by atoms with Gasteiger partial charge in [-0.2, -0.15) is 0 Å². The zero-order chi connectivity index (χ0) is 16.8. The highest BCUT2D eigenvalue weighted by Gasteiger charge is 2.40. The van der Waals surface area contributed by atoms with Crippen molar-refractivity contribution in [3.05, 3.63) is 46.7 Å². The molecule has 0 bridgehead atoms. The fourth-order valence-electron chi connectivity index (χ4n) is 3.53. The van der Waals surface area contributed by atoms with Gasteiger partial charge in [-0.25, -0.2) is 0 Å². The van der Waals surface area contributed by atoms with E-state index in [0.717, 1.165) is 30.9 Å². The summed E-state index contributed by atoms with van der Waals surface area (Å²) in [6, 6.07) is 12.7. The first kappa shape index (κ1) is 17.0. The van der Waals surface area contributed by atoms with Crippen molar-refractivity contribution in [1.82, 2.24) is 0 Å². The number of rotatable bonds is 2. The van der Waals surface area contributed by atoms with Gasteiger partial charge in [-0.3, -0.25) is 4.99 Å². The molecule has 1 fully saturated rings. The topological polar surface area (TPSA) is 36.4 Å². The zero-order valence-electron chi connectivity index (χ0n) is 14.6. The first-order valence-corrected chi connectivity index (χ1v) is 9.95. The largest absolute Gasteiger partial charge is 0.371 e. The van der Waals surface area contributed by atoms with Crippen LogP contribution in [0.2, 0.25) is 0 Å². The van der Waals surface area contributed by atoms with Crippen molar-refractivity contribution in [3.8, 4) is 0 Å². The van der Waals surface area contributed by atoms with Crippen LogP contribution in [0.15, 0.2) is 46.8 Å². The number of para-hydroxylation sites is 2. The molecule has 1 saturated carbocycles. The predicted molar refractivity (Wildman–Crippen MR) is 106 cm³/mol. The summed E-state index contributed by atoms with van der Waals surface area (Å²) in [5.41, 5.74) is 2.35. The summed E-state index contributed by atoms with van der Waals surface area (Å²) in [6.45, 7) is 4.77. The van der Waals surface area contributed by atoms with Crippen molar-refractivity contribution in [3.63, 3.8) is 0 Å². The molecule has 0 unspecified atom stereocenters. The lowest BCUT2D eigenvalue weighted by Gasteiger charge is -2.44. The van der Waals surface area contributed by atoms with Gasteiger partial charge >= 0.3 is 0 Å². The van der Waals surface area contributed by atoms with Gasteiger partial charge in [0.25, 0.3) is 0 Å². The number of hydrogen-bond donors (Lipinski definition) is 2. The van der Waals surface area contributed by atoms with Gasteiger partial charge in [0.1, 0.15) is 5.84 Å². The second-order valence-corrected chi connectivity index (χ2v) is 7.21. The van der Waals surface area contributed by atoms with Crippen LogP contribution in [0.4, 0.5) is 11.4 Å². The molecule has 128 valence electrons. The number of thiophene rings is 1. The van der Waals surface area contributed by atoms with E-state index in [1.807, 2.05) is 13.8 Å². The molecule has 2 heterocycles. The lowest BCUT2D eigenvalue weighted by molar-refractivity contribution is 0.403. The minimum atomic E-state index is 0.00383. The van der Waals surface area contributed by atoms with Crippen LogP contribution in [-0.4, -0.2) is 11.4 Å². The Hall–Kier alpha value is -1.81. The summed E-state index contributed by atoms with van der Waals surface area (Å²) in [5.74, 6) is 1.12. The average molecular weight is 342 g/mol. The quantitative estimate of drug-likeness (QED) is 0.712. The van der Waals surface area contributed by atoms with Gasteiger partial charge < -0.3 is 10.6 Å². The summed E-state index contributed by atoms with van der Waals surface area (Å²) in [4.78, 5) is 6.27. The van der Waals surface area contributed by atoms with E-state index in [2.05, 4.69) is 52.4 Å². The number of anilines is 2. The lowest BCUT2D eigenvalue weighted by atomic mass is 9.79. The Balaban J connectivity index is 0.000000815. The van der Waals surface area contributed by atoms with E-state index < -0.39 is 0 Å². The highest BCUT2D eigenvalue weighted by atomic mass is 32.1. The van der Waals surface area contributed by atoms with E-state index in [1.54, 1.807) is 11.3 Å². The molecule has 0 atom stereocenters. The Morgan fingerprint density at radius 2 is 1.75 bits per heavy atom. The van der Waals surface area contributed by atoms with Gasteiger partial charge in [0.15, 0.2) is 0 Å². The van der Waals surface area contributed by atoms with Crippen molar-refractivity contribution in [2.75, 3.05) is 10.6 Å². The molecule has 0 radical (unpaired) electrons. The van der Waals surface area contributed by atoms with E-state index in [4.69, 9.17) is 4.99 Å². The number of amidine groups is 1. The summed E-state index contributed by atoms with van der Waals surface area (Å²) < 4.78 is 0. The molecule has 4 heteroatoms. The van der Waals surface area contributed by atoms with Crippen LogP contribution in [0, 0.1) is 0 Å². The Morgan fingerprint density at radius 3 is 2.46 bits per heavy atom. The van der Waals surface area contributed by atoms with Crippen LogP contribution in [0.5, 0.6) is 0 Å². The third-order valence-corrected chi connectivity index (χ3v) is 5.55. The monoisotopic (exact) mass is 341 g/mol. The summed E-state index contributed by atoms with van der Waals surface area (Å²) in [6.07, 6.45) is 6.21. The number of aliphatic imine (C=N–C) groups is 1. The van der Waals surface area contributed by atoms with Crippen LogP contribution < -0.4 is 10.6 Å². The van der Waals surface area contributed by atoms with Gasteiger partial charge in [-0.15, -0.1) is 11.3 Å². The van der Waals surface area contributed by atoms with Gasteiger partial charge in [-0.1, -0.05) is 51.3 Å². The maximum Gasteiger partial charge on any atom is 0.127 e. The van der Waals surface area contributed by atoms with Crippen LogP contribution in [0.3, 0.4) is 0 Å². The average Bonchev–Trinajstić information content (AvgIpc) is 3.16. The number of nitrogens with one attached hydrogen (secondary N) is 2. The van der Waals surface area contributed by atoms with Crippen LogP contribution in [0.25, 0.3) is 0 Å². The number of hydrogen-bond acceptors (Lipinski definition) is 3. The molecule has 1 aliphatic carbocycles. The van der Waals surface area contributed by atoms with Crippen LogP contribution >= 0.6 is 11.3 Å². The fourth-order valence-corrected chi connectivity index (χ4v) is 4.16. The maximum atomic E-state index is 4.95. The lowest BCUT2D eigenvalue weighted by Crippen LogP contribution is -2.53. The smallest absolute Gasteiger partial charge is 0.127 e. The molecule has 1 spiro atoms. The summed E-state index contributed by atoms with van der Waals surface area (Å²) in [7, 11) is 0. The molecule has 4 rings (SSSR count). The zero-order valence-corrected chi connectivity index (χ0v) is 15.5. The minimum Gasteiger partial charge on any atom is -0.371 e. The van der Waals surface area contributed by atoms with Crippen molar-refractivity contribution in [2.24, 2.45) is 4.99 Å². The highest BCUT2D eigenvalue weighted by Crippen LogP contribution is 2.39. The van der Waals surface area contributed by atoms with Crippen LogP contribution in [-0.2, 0) is 6.54 Å². The summed E-state index contributed by atoms with van der Waals surface area (Å²) >= 11 is 1.78. The molecule has 0 saturated heterocycles. The fraction of sp³-hybridized carbons (Fsp3) is 0.450. The van der Waals surface area contributed by atoms with Gasteiger partial charge in [-0.05, 0) is 36.4 Å². The van der Waals surface area contributed by atoms with E-state index in [-0.39, 0.29) is 5.54 Å². The molecule has 1 aromatic heterocycles. The molecule has 2 N–H and O–H groups in total. The molecular weight excluding hydrogens is 314 g/mol. The SMILES string of the molecule is CC.c1csc(CN=C2Nc3ccccc3NC23CCCCC3)c1. The first-order valence-electron chi connectivity index (χ1n) is 9.07. The number of nitrogens with zero attached hydrogens (tertiary/aromatic N) is 1. The predicted octanol–water partition coefficient (Wildman–Crippen LogP) is 5.91. The molecule has 2 aromatic rings. The Bertz CT molecular complexity index is 670. The van der Waals surface area contributed by atoms with Crippen molar-refractivity contribution in [2.45, 2.75) is 58.0 Å². The van der Waals surface area contributed by atoms with E-state index in [9.17, 15) is 0 Å². The van der Waals surface area contributed by atoms with Crippen molar-refractivity contribution >= 4 is 28.5 Å². The molecule has 3 nitrogen and oxygen atoms in total. The van der Waals surface area contributed by atoms with Crippen molar-refractivity contribution < 1.29 is 0 Å². The Morgan fingerprint density at radius 1 is 1.00 bits per heavy atom. The van der Waals surface area contributed by atoms with Crippen molar-refractivity contribution in [1.29, 1.82) is 0 Å². The third-order valence-electron chi connectivity index (χ3n) is 4.69. The van der Waals surface area contributed by atoms with E-state index in [0.29, 0.717) is 0 Å². The molecule has 0 amide bonds. The molecule has 1 aromatic carbocycles. The highest BCUT2D eigenvalue weighted by molar-refractivity contribution is 7.09. The van der Waals surface area contributed by atoms with Gasteiger partial charge in [0, 0.05) is 4.88 Å². The second kappa shape index (κ2) is 7.84.